The zero-order chi connectivity index (χ0) is 37.1. The van der Waals surface area contributed by atoms with Crippen LogP contribution in [0.3, 0.4) is 0 Å². The van der Waals surface area contributed by atoms with Gasteiger partial charge in [0.2, 0.25) is 17.7 Å². The van der Waals surface area contributed by atoms with E-state index in [9.17, 15) is 29.4 Å². The molecule has 2 unspecified atom stereocenters. The number of amides is 5. The lowest BCUT2D eigenvalue weighted by atomic mass is 9.79. The fourth-order valence-corrected chi connectivity index (χ4v) is 10.2. The number of hydrogen-bond acceptors (Lipinski definition) is 9. The summed E-state index contributed by atoms with van der Waals surface area (Å²) in [6.45, 7) is 9.87. The van der Waals surface area contributed by atoms with Gasteiger partial charge in [0.05, 0.1) is 41.4 Å². The number of aliphatic hydroxyl groups is 2. The molecule has 3 fully saturated rings. The van der Waals surface area contributed by atoms with E-state index >= 15 is 0 Å². The minimum atomic E-state index is -1.45. The Morgan fingerprint density at radius 2 is 1.76 bits per heavy atom. The third kappa shape index (κ3) is 11.8. The molecule has 9 atom stereocenters. The first-order valence-corrected chi connectivity index (χ1v) is 21.1. The van der Waals surface area contributed by atoms with Gasteiger partial charge in [-0.1, -0.05) is 72.6 Å². The molecule has 51 heavy (non-hydrogen) atoms. The summed E-state index contributed by atoms with van der Waals surface area (Å²) in [6.07, 6.45) is 7.12. The number of aliphatic hydroxyl groups excluding tert-OH is 2. The van der Waals surface area contributed by atoms with E-state index in [4.69, 9.17) is 0 Å². The molecule has 1 aliphatic carbocycles. The standard InChI is InChI=1S/C37H62N6O6S2/c1-6-22(4)31(36(48)38-17-16-27-23(5)39-20-51-27)42-35(47)30(21(2)3)34(46)33(45)25(18-24-12-8-7-9-13-24)40-29(44)15-11-10-14-28-32-26(19-50-28)41-37(49)43-32/h20-22,24-26,28,30-34,45-46H,6-19H2,1-5H3,(H,38,48)(H,40,44)(H,42,47)(H2,41,43,49)/t22-,25+,26?,28+,30-,31+,32?,33-,34-/m1/s1. The summed E-state index contributed by atoms with van der Waals surface area (Å²) in [6, 6.07) is -1.32. The zero-order valence-corrected chi connectivity index (χ0v) is 32.8. The van der Waals surface area contributed by atoms with E-state index in [-0.39, 0.29) is 41.8 Å². The lowest BCUT2D eigenvalue weighted by Crippen LogP contribution is -2.57. The van der Waals surface area contributed by atoms with Crippen molar-refractivity contribution >= 4 is 46.9 Å². The number of fused-ring (bicyclic) bond motifs is 1. The molecule has 5 amide bonds. The number of hydrogen-bond donors (Lipinski definition) is 7. The zero-order valence-electron chi connectivity index (χ0n) is 31.1. The molecule has 1 aromatic rings. The summed E-state index contributed by atoms with van der Waals surface area (Å²) < 4.78 is 0. The third-order valence-electron chi connectivity index (χ3n) is 11.2. The number of carbonyl (C=O) groups is 4. The maximum absolute atomic E-state index is 13.9. The van der Waals surface area contributed by atoms with Gasteiger partial charge in [0.25, 0.3) is 0 Å². The molecular weight excluding hydrogens is 689 g/mol. The van der Waals surface area contributed by atoms with Crippen LogP contribution in [-0.4, -0.2) is 92.9 Å². The van der Waals surface area contributed by atoms with Crippen molar-refractivity contribution in [3.63, 3.8) is 0 Å². The number of carbonyl (C=O) groups excluding carboxylic acids is 4. The number of unbranched alkanes of at least 4 members (excludes halogenated alkanes) is 1. The maximum atomic E-state index is 13.9. The molecule has 3 aliphatic rings. The van der Waals surface area contributed by atoms with Crippen molar-refractivity contribution in [3.8, 4) is 0 Å². The van der Waals surface area contributed by atoms with Crippen LogP contribution in [0.2, 0.25) is 0 Å². The Labute approximate surface area is 312 Å². The normalized spacial score (nSPS) is 24.1. The summed E-state index contributed by atoms with van der Waals surface area (Å²) in [5, 5.41) is 38.6. The Kier molecular flexibility index (Phi) is 16.3. The van der Waals surface area contributed by atoms with Crippen LogP contribution in [0, 0.1) is 30.6 Å². The highest BCUT2D eigenvalue weighted by Gasteiger charge is 2.43. The summed E-state index contributed by atoms with van der Waals surface area (Å²) in [4.78, 5) is 57.6. The largest absolute Gasteiger partial charge is 0.390 e. The Balaban J connectivity index is 1.36. The smallest absolute Gasteiger partial charge is 0.315 e. The Hall–Kier alpha value is -2.42. The highest BCUT2D eigenvalue weighted by molar-refractivity contribution is 8.00. The van der Waals surface area contributed by atoms with Crippen molar-refractivity contribution in [2.45, 2.75) is 153 Å². The molecule has 14 heteroatoms. The number of nitrogens with zero attached hydrogens (tertiary/aromatic N) is 1. The van der Waals surface area contributed by atoms with Crippen LogP contribution in [0.5, 0.6) is 0 Å². The number of thiazole rings is 1. The first kappa shape index (κ1) is 41.3. The van der Waals surface area contributed by atoms with Crippen LogP contribution in [0.15, 0.2) is 5.51 Å². The lowest BCUT2D eigenvalue weighted by molar-refractivity contribution is -0.140. The molecule has 288 valence electrons. The van der Waals surface area contributed by atoms with Gasteiger partial charge in [-0.3, -0.25) is 14.4 Å². The molecule has 3 heterocycles. The first-order valence-electron chi connectivity index (χ1n) is 19.2. The fraction of sp³-hybridized carbons (Fsp3) is 0.811. The van der Waals surface area contributed by atoms with Crippen LogP contribution in [0.25, 0.3) is 0 Å². The first-order chi connectivity index (χ1) is 24.4. The van der Waals surface area contributed by atoms with Gasteiger partial charge in [0.1, 0.15) is 12.1 Å². The monoisotopic (exact) mass is 750 g/mol. The molecule has 4 rings (SSSR count). The third-order valence-corrected chi connectivity index (χ3v) is 13.7. The van der Waals surface area contributed by atoms with Gasteiger partial charge in [-0.05, 0) is 43.9 Å². The Morgan fingerprint density at radius 3 is 2.43 bits per heavy atom. The molecule has 0 bridgehead atoms. The minimum absolute atomic E-state index is 0.105. The van der Waals surface area contributed by atoms with E-state index in [0.717, 1.165) is 54.8 Å². The number of aromatic nitrogens is 1. The van der Waals surface area contributed by atoms with E-state index in [1.165, 1.54) is 6.42 Å². The van der Waals surface area contributed by atoms with E-state index < -0.39 is 36.1 Å². The minimum Gasteiger partial charge on any atom is -0.390 e. The van der Waals surface area contributed by atoms with Crippen molar-refractivity contribution < 1.29 is 29.4 Å². The summed E-state index contributed by atoms with van der Waals surface area (Å²) in [7, 11) is 0. The molecule has 2 saturated heterocycles. The molecule has 0 aromatic carbocycles. The molecule has 12 nitrogen and oxygen atoms in total. The second-order valence-corrected chi connectivity index (χ2v) is 17.5. The Bertz CT molecular complexity index is 1290. The summed E-state index contributed by atoms with van der Waals surface area (Å²) in [5.41, 5.74) is 2.73. The highest BCUT2D eigenvalue weighted by atomic mass is 32.2. The summed E-state index contributed by atoms with van der Waals surface area (Å²) in [5.74, 6) is -1.24. The topological polar surface area (TPSA) is 182 Å². The number of aryl methyl sites for hydroxylation is 1. The van der Waals surface area contributed by atoms with Crippen molar-refractivity contribution in [2.24, 2.45) is 23.7 Å². The lowest BCUT2D eigenvalue weighted by Gasteiger charge is -2.36. The van der Waals surface area contributed by atoms with Crippen molar-refractivity contribution in [3.05, 3.63) is 16.1 Å². The molecule has 0 radical (unpaired) electrons. The average Bonchev–Trinajstić information content (AvgIpc) is 3.80. The van der Waals surface area contributed by atoms with E-state index in [1.807, 2.05) is 46.4 Å². The number of rotatable bonds is 20. The molecule has 2 aliphatic heterocycles. The maximum Gasteiger partial charge on any atom is 0.315 e. The van der Waals surface area contributed by atoms with Gasteiger partial charge < -0.3 is 36.8 Å². The van der Waals surface area contributed by atoms with Gasteiger partial charge in [-0.25, -0.2) is 9.78 Å². The van der Waals surface area contributed by atoms with Gasteiger partial charge in [-0.15, -0.1) is 11.3 Å². The molecular formula is C37H62N6O6S2. The SMILES string of the molecule is CC[C@@H](C)[C@H](NC(=O)[C@H](C(C)C)[C@@H](O)[C@H](O)[C@H](CC1CCCCC1)NC(=O)CCCC[C@@H]1SCC2NC(=O)NC21)C(=O)NCCc1scnc1C. The predicted molar refractivity (Wildman–Crippen MR) is 202 cm³/mol. The van der Waals surface area contributed by atoms with E-state index in [1.54, 1.807) is 16.8 Å². The number of urea groups is 1. The highest BCUT2D eigenvalue weighted by Crippen LogP contribution is 2.33. The van der Waals surface area contributed by atoms with Gasteiger partial charge in [0.15, 0.2) is 0 Å². The number of nitrogens with one attached hydrogen (secondary N) is 5. The van der Waals surface area contributed by atoms with Gasteiger partial charge >= 0.3 is 6.03 Å². The van der Waals surface area contributed by atoms with E-state index in [2.05, 4.69) is 31.6 Å². The van der Waals surface area contributed by atoms with Crippen LogP contribution < -0.4 is 26.6 Å². The van der Waals surface area contributed by atoms with Gasteiger partial charge in [0, 0.05) is 35.3 Å². The van der Waals surface area contributed by atoms with E-state index in [0.29, 0.717) is 49.8 Å². The Morgan fingerprint density at radius 1 is 1.02 bits per heavy atom. The van der Waals surface area contributed by atoms with Gasteiger partial charge in [-0.2, -0.15) is 11.8 Å². The fourth-order valence-electron chi connectivity index (χ4n) is 7.85. The van der Waals surface area contributed by atoms with Crippen molar-refractivity contribution in [2.75, 3.05) is 12.3 Å². The molecule has 1 aromatic heterocycles. The van der Waals surface area contributed by atoms with Crippen molar-refractivity contribution in [1.29, 1.82) is 0 Å². The second kappa shape index (κ2) is 20.1. The average molecular weight is 751 g/mol. The molecule has 1 saturated carbocycles. The van der Waals surface area contributed by atoms with Crippen molar-refractivity contribution in [1.82, 2.24) is 31.6 Å². The predicted octanol–water partition coefficient (Wildman–Crippen LogP) is 3.82. The van der Waals surface area contributed by atoms with Crippen LogP contribution in [0.1, 0.15) is 109 Å². The van der Waals surface area contributed by atoms with Crippen LogP contribution in [0.4, 0.5) is 4.79 Å². The van der Waals surface area contributed by atoms with Crippen LogP contribution >= 0.6 is 23.1 Å². The number of thioether (sulfide) groups is 1. The quantitative estimate of drug-likeness (QED) is 0.0776. The molecule has 0 spiro atoms. The van der Waals surface area contributed by atoms with Crippen LogP contribution in [-0.2, 0) is 20.8 Å². The summed E-state index contributed by atoms with van der Waals surface area (Å²) >= 11 is 3.40. The molecule has 7 N–H and O–H groups in total. The second-order valence-electron chi connectivity index (χ2n) is 15.3.